The zero-order valence-electron chi connectivity index (χ0n) is 14.5. The lowest BCUT2D eigenvalue weighted by molar-refractivity contribution is 0.281. The normalized spacial score (nSPS) is 15.1. The summed E-state index contributed by atoms with van der Waals surface area (Å²) in [6.45, 7) is 0.111. The zero-order chi connectivity index (χ0) is 17.1. The lowest BCUT2D eigenvalue weighted by atomic mass is 9.72. The molecule has 1 heteroatoms. The minimum Gasteiger partial charge on any atom is -0.392 e. The second-order valence-corrected chi connectivity index (χ2v) is 7.25. The van der Waals surface area contributed by atoms with Gasteiger partial charge in [0.15, 0.2) is 0 Å². The molecule has 0 radical (unpaired) electrons. The Balaban J connectivity index is 1.78. The Kier molecular flexibility index (Phi) is 4.42. The molecule has 3 aromatic carbocycles. The summed E-state index contributed by atoms with van der Waals surface area (Å²) in [5.41, 5.74) is 6.80. The highest BCUT2D eigenvalue weighted by atomic mass is 16.3. The van der Waals surface area contributed by atoms with E-state index < -0.39 is 0 Å². The van der Waals surface area contributed by atoms with Crippen LogP contribution in [0.4, 0.5) is 0 Å². The molecule has 0 atom stereocenters. The number of aliphatic hydroxyl groups excluding tert-OH is 1. The van der Waals surface area contributed by atoms with Gasteiger partial charge in [-0.3, -0.25) is 0 Å². The lowest BCUT2D eigenvalue weighted by Crippen LogP contribution is -2.29. The number of rotatable bonds is 5. The van der Waals surface area contributed by atoms with Crippen LogP contribution in [-0.2, 0) is 31.3 Å². The highest BCUT2D eigenvalue weighted by Crippen LogP contribution is 2.44. The van der Waals surface area contributed by atoms with Crippen molar-refractivity contribution in [1.29, 1.82) is 0 Å². The molecule has 3 aromatic rings. The molecule has 0 saturated heterocycles. The van der Waals surface area contributed by atoms with Crippen LogP contribution in [0.25, 0.3) is 0 Å². The molecule has 1 aliphatic carbocycles. The summed E-state index contributed by atoms with van der Waals surface area (Å²) in [4.78, 5) is 0. The van der Waals surface area contributed by atoms with E-state index in [1.54, 1.807) is 0 Å². The molecule has 0 saturated carbocycles. The Morgan fingerprint density at radius 3 is 1.88 bits per heavy atom. The van der Waals surface area contributed by atoms with Gasteiger partial charge in [0.1, 0.15) is 0 Å². The number of aliphatic hydroxyl groups is 1. The molecule has 1 N–H and O–H groups in total. The molecule has 1 aliphatic rings. The first kappa shape index (κ1) is 16.1. The third-order valence-corrected chi connectivity index (χ3v) is 5.57. The molecule has 25 heavy (non-hydrogen) atoms. The monoisotopic (exact) mass is 328 g/mol. The molecule has 126 valence electrons. The smallest absolute Gasteiger partial charge is 0.0681 e. The lowest BCUT2D eigenvalue weighted by Gasteiger charge is -2.31. The van der Waals surface area contributed by atoms with Crippen LogP contribution < -0.4 is 0 Å². The van der Waals surface area contributed by atoms with Crippen LogP contribution in [0.3, 0.4) is 0 Å². The molecule has 0 fully saturated rings. The van der Waals surface area contributed by atoms with Crippen molar-refractivity contribution in [3.63, 3.8) is 0 Å². The van der Waals surface area contributed by atoms with Gasteiger partial charge in [0, 0.05) is 5.41 Å². The van der Waals surface area contributed by atoms with Gasteiger partial charge in [-0.05, 0) is 53.5 Å². The second kappa shape index (κ2) is 6.85. The number of benzene rings is 3. The SMILES string of the molecule is OCc1ccc2c(c1)C(Cc1ccccc1)(Cc1ccccc1)CC2. The fourth-order valence-electron chi connectivity index (χ4n) is 4.35. The summed E-state index contributed by atoms with van der Waals surface area (Å²) in [5.74, 6) is 0. The summed E-state index contributed by atoms with van der Waals surface area (Å²) in [5, 5.41) is 9.62. The van der Waals surface area contributed by atoms with Crippen LogP contribution in [0.1, 0.15) is 34.2 Å². The molecule has 0 aliphatic heterocycles. The van der Waals surface area contributed by atoms with Crippen molar-refractivity contribution in [2.75, 3.05) is 0 Å². The topological polar surface area (TPSA) is 20.2 Å². The van der Waals surface area contributed by atoms with Crippen LogP contribution in [0.5, 0.6) is 0 Å². The molecule has 0 unspecified atom stereocenters. The predicted octanol–water partition coefficient (Wildman–Crippen LogP) is 4.85. The van der Waals surface area contributed by atoms with Gasteiger partial charge >= 0.3 is 0 Å². The zero-order valence-corrected chi connectivity index (χ0v) is 14.5. The van der Waals surface area contributed by atoms with Crippen molar-refractivity contribution >= 4 is 0 Å². The summed E-state index contributed by atoms with van der Waals surface area (Å²) in [6, 6.07) is 28.2. The second-order valence-electron chi connectivity index (χ2n) is 7.25. The van der Waals surface area contributed by atoms with Gasteiger partial charge in [-0.25, -0.2) is 0 Å². The van der Waals surface area contributed by atoms with Crippen molar-refractivity contribution in [3.8, 4) is 0 Å². The van der Waals surface area contributed by atoms with Crippen LogP contribution in [0, 0.1) is 0 Å². The van der Waals surface area contributed by atoms with Crippen LogP contribution in [0.15, 0.2) is 78.9 Å². The molecule has 0 spiro atoms. The molecular formula is C24H24O. The minimum atomic E-state index is 0.111. The van der Waals surface area contributed by atoms with Crippen LogP contribution in [-0.4, -0.2) is 5.11 Å². The van der Waals surface area contributed by atoms with E-state index in [9.17, 15) is 5.11 Å². The van der Waals surface area contributed by atoms with Gasteiger partial charge in [-0.2, -0.15) is 0 Å². The maximum Gasteiger partial charge on any atom is 0.0681 e. The van der Waals surface area contributed by atoms with E-state index in [0.29, 0.717) is 0 Å². The third kappa shape index (κ3) is 3.25. The maximum atomic E-state index is 9.62. The van der Waals surface area contributed by atoms with Gasteiger partial charge in [0.2, 0.25) is 0 Å². The van der Waals surface area contributed by atoms with Gasteiger partial charge in [0.05, 0.1) is 6.61 Å². The molecule has 1 nitrogen and oxygen atoms in total. The standard InChI is InChI=1S/C24H24O/c25-18-21-11-12-22-13-14-24(23(22)15-21,16-19-7-3-1-4-8-19)17-20-9-5-2-6-10-20/h1-12,15,25H,13-14,16-18H2. The Morgan fingerprint density at radius 1 is 0.720 bits per heavy atom. The van der Waals surface area contributed by atoms with E-state index in [1.165, 1.54) is 28.7 Å². The van der Waals surface area contributed by atoms with E-state index in [2.05, 4.69) is 78.9 Å². The summed E-state index contributed by atoms with van der Waals surface area (Å²) in [7, 11) is 0. The first-order chi connectivity index (χ1) is 12.3. The summed E-state index contributed by atoms with van der Waals surface area (Å²) in [6.07, 6.45) is 4.39. The van der Waals surface area contributed by atoms with Gasteiger partial charge in [0.25, 0.3) is 0 Å². The Morgan fingerprint density at radius 2 is 1.32 bits per heavy atom. The fourth-order valence-corrected chi connectivity index (χ4v) is 4.35. The van der Waals surface area contributed by atoms with Crippen LogP contribution >= 0.6 is 0 Å². The molecule has 0 bridgehead atoms. The molecule has 0 heterocycles. The first-order valence-corrected chi connectivity index (χ1v) is 9.10. The summed E-state index contributed by atoms with van der Waals surface area (Å²) < 4.78 is 0. The van der Waals surface area contributed by atoms with Crippen molar-refractivity contribution in [1.82, 2.24) is 0 Å². The highest BCUT2D eigenvalue weighted by molar-refractivity contribution is 5.45. The Bertz CT molecular complexity index is 795. The van der Waals surface area contributed by atoms with Gasteiger partial charge in [-0.1, -0.05) is 78.9 Å². The van der Waals surface area contributed by atoms with Crippen molar-refractivity contribution in [3.05, 3.63) is 107 Å². The molecular weight excluding hydrogens is 304 g/mol. The van der Waals surface area contributed by atoms with Crippen molar-refractivity contribution < 1.29 is 5.11 Å². The average molecular weight is 328 g/mol. The summed E-state index contributed by atoms with van der Waals surface area (Å²) >= 11 is 0. The minimum absolute atomic E-state index is 0.111. The fraction of sp³-hybridized carbons (Fsp3) is 0.250. The predicted molar refractivity (Wildman–Crippen MR) is 103 cm³/mol. The number of fused-ring (bicyclic) bond motifs is 1. The quantitative estimate of drug-likeness (QED) is 0.710. The average Bonchev–Trinajstić information content (AvgIpc) is 3.01. The number of hydrogen-bond acceptors (Lipinski definition) is 1. The third-order valence-electron chi connectivity index (χ3n) is 5.57. The molecule has 0 aromatic heterocycles. The number of aryl methyl sites for hydroxylation is 1. The van der Waals surface area contributed by atoms with Crippen molar-refractivity contribution in [2.24, 2.45) is 0 Å². The first-order valence-electron chi connectivity index (χ1n) is 9.10. The molecule has 4 rings (SSSR count). The highest BCUT2D eigenvalue weighted by Gasteiger charge is 2.38. The van der Waals surface area contributed by atoms with E-state index in [4.69, 9.17) is 0 Å². The van der Waals surface area contributed by atoms with Crippen LogP contribution in [0.2, 0.25) is 0 Å². The largest absolute Gasteiger partial charge is 0.392 e. The van der Waals surface area contributed by atoms with Gasteiger partial charge < -0.3 is 5.11 Å². The maximum absolute atomic E-state index is 9.62. The van der Waals surface area contributed by atoms with E-state index in [-0.39, 0.29) is 12.0 Å². The van der Waals surface area contributed by atoms with Crippen molar-refractivity contribution in [2.45, 2.75) is 37.7 Å². The number of hydrogen-bond donors (Lipinski definition) is 1. The van der Waals surface area contributed by atoms with E-state index in [1.807, 2.05) is 0 Å². The van der Waals surface area contributed by atoms with E-state index >= 15 is 0 Å². The Hall–Kier alpha value is -2.38. The van der Waals surface area contributed by atoms with Gasteiger partial charge in [-0.15, -0.1) is 0 Å². The molecule has 0 amide bonds. The Labute approximate surface area is 150 Å². The van der Waals surface area contributed by atoms with E-state index in [0.717, 1.165) is 24.8 Å².